The number of rotatable bonds is 4. The van der Waals surface area contributed by atoms with Crippen molar-refractivity contribution < 1.29 is 18.9 Å². The number of nitro benzene ring substituents is 1. The van der Waals surface area contributed by atoms with Gasteiger partial charge in [0.25, 0.3) is 5.69 Å². The summed E-state index contributed by atoms with van der Waals surface area (Å²) >= 11 is 0. The number of amides is 3. The van der Waals surface area contributed by atoms with Gasteiger partial charge >= 0.3 is 6.03 Å². The zero-order valence-electron chi connectivity index (χ0n) is 11.6. The monoisotopic (exact) mass is 314 g/mol. The number of hydrogen-bond donors (Lipinski definition) is 1. The Hall–Kier alpha value is -3.49. The Bertz CT molecular complexity index is 826. The molecule has 1 aromatic carbocycles. The highest BCUT2D eigenvalue weighted by Crippen LogP contribution is 2.30. The summed E-state index contributed by atoms with van der Waals surface area (Å²) in [5.74, 6) is 0.165. The number of benzene rings is 1. The van der Waals surface area contributed by atoms with Crippen LogP contribution in [-0.2, 0) is 4.79 Å². The Labute approximate surface area is 129 Å². The molecule has 0 unspecified atom stereocenters. The summed E-state index contributed by atoms with van der Waals surface area (Å²) in [5.41, 5.74) is 0.265. The molecule has 1 saturated heterocycles. The number of nitrogens with zero attached hydrogens (tertiary/aromatic N) is 3. The lowest BCUT2D eigenvalue weighted by atomic mass is 10.1. The van der Waals surface area contributed by atoms with Gasteiger partial charge in [0.15, 0.2) is 0 Å². The van der Waals surface area contributed by atoms with Gasteiger partial charge < -0.3 is 4.42 Å². The van der Waals surface area contributed by atoms with Crippen LogP contribution in [0.4, 0.5) is 10.5 Å². The SMILES string of the molecule is O=C1CN(N=Cc2ccc(-c3ccccc3[N+](=O)[O-])o2)C(=O)N1. The predicted molar refractivity (Wildman–Crippen MR) is 78.6 cm³/mol. The van der Waals surface area contributed by atoms with Crippen LogP contribution in [0.1, 0.15) is 5.76 Å². The van der Waals surface area contributed by atoms with Crippen molar-refractivity contribution >= 4 is 23.8 Å². The minimum Gasteiger partial charge on any atom is -0.455 e. The van der Waals surface area contributed by atoms with Gasteiger partial charge in [-0.1, -0.05) is 12.1 Å². The summed E-state index contributed by atoms with van der Waals surface area (Å²) in [4.78, 5) is 32.9. The molecule has 2 heterocycles. The van der Waals surface area contributed by atoms with E-state index in [0.29, 0.717) is 17.1 Å². The number of hydrazone groups is 1. The first-order valence-electron chi connectivity index (χ1n) is 6.53. The lowest BCUT2D eigenvalue weighted by molar-refractivity contribution is -0.384. The van der Waals surface area contributed by atoms with E-state index in [1.54, 1.807) is 30.3 Å². The van der Waals surface area contributed by atoms with E-state index in [2.05, 4.69) is 10.4 Å². The van der Waals surface area contributed by atoms with Crippen LogP contribution in [-0.4, -0.2) is 34.6 Å². The highest BCUT2D eigenvalue weighted by molar-refractivity contribution is 6.02. The molecule has 3 rings (SSSR count). The Morgan fingerprint density at radius 3 is 2.74 bits per heavy atom. The van der Waals surface area contributed by atoms with E-state index in [4.69, 9.17) is 4.42 Å². The minimum atomic E-state index is -0.614. The number of hydrogen-bond acceptors (Lipinski definition) is 6. The average molecular weight is 314 g/mol. The summed E-state index contributed by atoms with van der Waals surface area (Å²) in [7, 11) is 0. The van der Waals surface area contributed by atoms with Gasteiger partial charge in [0.05, 0.1) is 16.7 Å². The summed E-state index contributed by atoms with van der Waals surface area (Å²) in [6.45, 7) is -0.160. The molecule has 9 nitrogen and oxygen atoms in total. The Morgan fingerprint density at radius 1 is 1.26 bits per heavy atom. The van der Waals surface area contributed by atoms with Crippen molar-refractivity contribution in [3.63, 3.8) is 0 Å². The van der Waals surface area contributed by atoms with Crippen LogP contribution in [0.5, 0.6) is 0 Å². The van der Waals surface area contributed by atoms with Crippen molar-refractivity contribution in [2.24, 2.45) is 5.10 Å². The number of urea groups is 1. The topological polar surface area (TPSA) is 118 Å². The number of nitro groups is 1. The molecule has 1 aromatic heterocycles. The van der Waals surface area contributed by atoms with Gasteiger partial charge in [0, 0.05) is 6.07 Å². The second-order valence-corrected chi connectivity index (χ2v) is 4.63. The number of nitrogens with one attached hydrogen (secondary N) is 1. The third kappa shape index (κ3) is 2.93. The van der Waals surface area contributed by atoms with Crippen molar-refractivity contribution in [3.8, 4) is 11.3 Å². The molecule has 23 heavy (non-hydrogen) atoms. The molecule has 9 heteroatoms. The molecule has 0 saturated carbocycles. The molecular weight excluding hydrogens is 304 g/mol. The van der Waals surface area contributed by atoms with Gasteiger partial charge in [-0.25, -0.2) is 9.80 Å². The van der Waals surface area contributed by atoms with Crippen molar-refractivity contribution in [2.45, 2.75) is 0 Å². The zero-order chi connectivity index (χ0) is 16.4. The molecule has 0 atom stereocenters. The average Bonchev–Trinajstić information content (AvgIpc) is 3.11. The van der Waals surface area contributed by atoms with Crippen LogP contribution in [0, 0.1) is 10.1 Å². The largest absolute Gasteiger partial charge is 0.455 e. The van der Waals surface area contributed by atoms with Gasteiger partial charge in [0.1, 0.15) is 18.1 Å². The molecular formula is C14H10N4O5. The predicted octanol–water partition coefficient (Wildman–Crippen LogP) is 1.74. The second kappa shape index (κ2) is 5.72. The molecule has 0 aliphatic carbocycles. The highest BCUT2D eigenvalue weighted by Gasteiger charge is 2.26. The molecule has 1 aliphatic heterocycles. The first-order valence-corrected chi connectivity index (χ1v) is 6.53. The molecule has 2 aromatic rings. The number of para-hydroxylation sites is 1. The fraction of sp³-hybridized carbons (Fsp3) is 0.0714. The lowest BCUT2D eigenvalue weighted by Gasteiger charge is -2.03. The summed E-state index contributed by atoms with van der Waals surface area (Å²) < 4.78 is 5.49. The molecule has 0 spiro atoms. The van der Waals surface area contributed by atoms with Gasteiger partial charge in [-0.05, 0) is 18.2 Å². The van der Waals surface area contributed by atoms with Gasteiger partial charge in [-0.15, -0.1) is 0 Å². The van der Waals surface area contributed by atoms with Crippen molar-refractivity contribution in [1.82, 2.24) is 10.3 Å². The fourth-order valence-corrected chi connectivity index (χ4v) is 2.06. The van der Waals surface area contributed by atoms with E-state index >= 15 is 0 Å². The normalized spacial score (nSPS) is 14.5. The van der Waals surface area contributed by atoms with E-state index in [-0.39, 0.29) is 12.2 Å². The first kappa shape index (κ1) is 14.4. The minimum absolute atomic E-state index is 0.0742. The molecule has 0 radical (unpaired) electrons. The number of carbonyl (C=O) groups excluding carboxylic acids is 2. The maximum Gasteiger partial charge on any atom is 0.344 e. The van der Waals surface area contributed by atoms with Gasteiger partial charge in [0.2, 0.25) is 5.91 Å². The number of imide groups is 1. The lowest BCUT2D eigenvalue weighted by Crippen LogP contribution is -2.24. The van der Waals surface area contributed by atoms with Gasteiger partial charge in [-0.3, -0.25) is 20.2 Å². The number of furan rings is 1. The molecule has 1 aliphatic rings. The van der Waals surface area contributed by atoms with Crippen LogP contribution in [0.2, 0.25) is 0 Å². The van der Waals surface area contributed by atoms with Crippen LogP contribution < -0.4 is 5.32 Å². The summed E-state index contributed by atoms with van der Waals surface area (Å²) in [6, 6.07) is 8.70. The standard InChI is InChI=1S/C14H10N4O5/c19-13-8-17(14(20)16-13)15-7-9-5-6-12(23-9)10-3-1-2-4-11(10)18(21)22/h1-7H,8H2,(H,16,19,20). The summed E-state index contributed by atoms with van der Waals surface area (Å²) in [5, 5.41) is 17.9. The molecule has 1 N–H and O–H groups in total. The third-order valence-corrected chi connectivity index (χ3v) is 3.09. The van der Waals surface area contributed by atoms with Crippen molar-refractivity contribution in [2.75, 3.05) is 6.54 Å². The van der Waals surface area contributed by atoms with E-state index in [9.17, 15) is 19.7 Å². The van der Waals surface area contributed by atoms with Gasteiger partial charge in [-0.2, -0.15) is 5.10 Å². The van der Waals surface area contributed by atoms with E-state index in [0.717, 1.165) is 5.01 Å². The van der Waals surface area contributed by atoms with Crippen LogP contribution >= 0.6 is 0 Å². The second-order valence-electron chi connectivity index (χ2n) is 4.63. The van der Waals surface area contributed by atoms with E-state index in [1.165, 1.54) is 12.3 Å². The zero-order valence-corrected chi connectivity index (χ0v) is 11.6. The van der Waals surface area contributed by atoms with Crippen LogP contribution in [0.3, 0.4) is 0 Å². The first-order chi connectivity index (χ1) is 11.0. The quantitative estimate of drug-likeness (QED) is 0.399. The fourth-order valence-electron chi connectivity index (χ4n) is 2.06. The summed E-state index contributed by atoms with van der Waals surface area (Å²) in [6.07, 6.45) is 1.26. The Kier molecular flexibility index (Phi) is 3.59. The number of carbonyl (C=O) groups is 2. The van der Waals surface area contributed by atoms with Crippen LogP contribution in [0.25, 0.3) is 11.3 Å². The maximum atomic E-state index is 11.3. The highest BCUT2D eigenvalue weighted by atomic mass is 16.6. The Balaban J connectivity index is 1.83. The molecule has 0 bridgehead atoms. The van der Waals surface area contributed by atoms with Crippen molar-refractivity contribution in [1.29, 1.82) is 0 Å². The maximum absolute atomic E-state index is 11.3. The van der Waals surface area contributed by atoms with E-state index in [1.807, 2.05) is 0 Å². The third-order valence-electron chi connectivity index (χ3n) is 3.09. The van der Waals surface area contributed by atoms with Crippen LogP contribution in [0.15, 0.2) is 45.9 Å². The molecule has 3 amide bonds. The molecule has 1 fully saturated rings. The molecule has 116 valence electrons. The Morgan fingerprint density at radius 2 is 2.04 bits per heavy atom. The van der Waals surface area contributed by atoms with E-state index < -0.39 is 16.9 Å². The smallest absolute Gasteiger partial charge is 0.344 e. The van der Waals surface area contributed by atoms with Crippen molar-refractivity contribution in [3.05, 3.63) is 52.3 Å².